The van der Waals surface area contributed by atoms with Crippen LogP contribution in [0.15, 0.2) is 12.1 Å². The second-order valence-corrected chi connectivity index (χ2v) is 5.26. The third kappa shape index (κ3) is 4.52. The van der Waals surface area contributed by atoms with Gasteiger partial charge in [-0.2, -0.15) is 0 Å². The van der Waals surface area contributed by atoms with Crippen LogP contribution >= 0.6 is 0 Å². The lowest BCUT2D eigenvalue weighted by Gasteiger charge is -2.28. The zero-order valence-corrected chi connectivity index (χ0v) is 12.3. The van der Waals surface area contributed by atoms with Gasteiger partial charge in [0, 0.05) is 31.4 Å². The molecular weight excluding hydrogens is 242 g/mol. The molecule has 0 saturated heterocycles. The molecule has 0 fully saturated rings. The van der Waals surface area contributed by atoms with Gasteiger partial charge in [0.05, 0.1) is 5.60 Å². The molecular formula is C14H23N3O2. The van der Waals surface area contributed by atoms with E-state index in [1.807, 2.05) is 13.8 Å². The molecule has 1 amide bonds. The SMILES string of the molecule is CCN(CC(C)(C)O)C(=O)c1cc(C)nc(NC)c1. The average Bonchev–Trinajstić information content (AvgIpc) is 2.33. The zero-order valence-electron chi connectivity index (χ0n) is 12.3. The van der Waals surface area contributed by atoms with Crippen LogP contribution in [0.25, 0.3) is 0 Å². The van der Waals surface area contributed by atoms with E-state index in [1.54, 1.807) is 37.9 Å². The molecule has 5 heteroatoms. The number of likely N-dealkylation sites (N-methyl/N-ethyl adjacent to an activating group) is 1. The van der Waals surface area contributed by atoms with Gasteiger partial charge in [-0.15, -0.1) is 0 Å². The van der Waals surface area contributed by atoms with Gasteiger partial charge in [-0.25, -0.2) is 4.98 Å². The summed E-state index contributed by atoms with van der Waals surface area (Å²) in [5.41, 5.74) is 0.469. The summed E-state index contributed by atoms with van der Waals surface area (Å²) >= 11 is 0. The molecule has 0 bridgehead atoms. The molecule has 2 N–H and O–H groups in total. The van der Waals surface area contributed by atoms with Crippen molar-refractivity contribution in [2.75, 3.05) is 25.5 Å². The fraction of sp³-hybridized carbons (Fsp3) is 0.571. The predicted molar refractivity (Wildman–Crippen MR) is 76.4 cm³/mol. The second kappa shape index (κ2) is 6.02. The van der Waals surface area contributed by atoms with Gasteiger partial charge in [-0.3, -0.25) is 4.79 Å². The van der Waals surface area contributed by atoms with E-state index in [9.17, 15) is 9.90 Å². The number of nitrogens with one attached hydrogen (secondary N) is 1. The number of hydrogen-bond acceptors (Lipinski definition) is 4. The molecule has 106 valence electrons. The number of aryl methyl sites for hydroxylation is 1. The number of rotatable bonds is 5. The first kappa shape index (κ1) is 15.4. The average molecular weight is 265 g/mol. The van der Waals surface area contributed by atoms with Crippen LogP contribution in [0.1, 0.15) is 36.8 Å². The molecule has 0 spiro atoms. The number of carbonyl (C=O) groups is 1. The Morgan fingerprint density at radius 1 is 1.47 bits per heavy atom. The number of nitrogens with zero attached hydrogens (tertiary/aromatic N) is 2. The van der Waals surface area contributed by atoms with Crippen molar-refractivity contribution in [2.24, 2.45) is 0 Å². The highest BCUT2D eigenvalue weighted by molar-refractivity contribution is 5.95. The van der Waals surface area contributed by atoms with Crippen molar-refractivity contribution in [3.8, 4) is 0 Å². The lowest BCUT2D eigenvalue weighted by Crippen LogP contribution is -2.42. The first-order valence-electron chi connectivity index (χ1n) is 6.45. The molecule has 5 nitrogen and oxygen atoms in total. The standard InChI is InChI=1S/C14H23N3O2/c1-6-17(9-14(3,4)19)13(18)11-7-10(2)16-12(8-11)15-5/h7-8,19H,6,9H2,1-5H3,(H,15,16). The number of hydrogen-bond donors (Lipinski definition) is 2. The fourth-order valence-electron chi connectivity index (χ4n) is 1.90. The topological polar surface area (TPSA) is 65.5 Å². The lowest BCUT2D eigenvalue weighted by atomic mass is 10.1. The molecule has 0 aromatic carbocycles. The third-order valence-corrected chi connectivity index (χ3v) is 2.70. The van der Waals surface area contributed by atoms with Crippen LogP contribution < -0.4 is 5.32 Å². The summed E-state index contributed by atoms with van der Waals surface area (Å²) in [6, 6.07) is 3.48. The maximum absolute atomic E-state index is 12.4. The van der Waals surface area contributed by atoms with E-state index in [-0.39, 0.29) is 5.91 Å². The van der Waals surface area contributed by atoms with E-state index in [4.69, 9.17) is 0 Å². The lowest BCUT2D eigenvalue weighted by molar-refractivity contribution is 0.0314. The van der Waals surface area contributed by atoms with E-state index in [0.717, 1.165) is 5.69 Å². The van der Waals surface area contributed by atoms with Gasteiger partial charge in [-0.05, 0) is 39.8 Å². The maximum atomic E-state index is 12.4. The number of aromatic nitrogens is 1. The molecule has 0 atom stereocenters. The van der Waals surface area contributed by atoms with Crippen molar-refractivity contribution in [3.05, 3.63) is 23.4 Å². The number of pyridine rings is 1. The molecule has 1 rings (SSSR count). The summed E-state index contributed by atoms with van der Waals surface area (Å²) in [7, 11) is 1.77. The number of anilines is 1. The molecule has 0 aliphatic heterocycles. The highest BCUT2D eigenvalue weighted by Gasteiger charge is 2.22. The highest BCUT2D eigenvalue weighted by atomic mass is 16.3. The van der Waals surface area contributed by atoms with Crippen LogP contribution in [0.5, 0.6) is 0 Å². The number of carbonyl (C=O) groups excluding carboxylic acids is 1. The fourth-order valence-corrected chi connectivity index (χ4v) is 1.90. The van der Waals surface area contributed by atoms with Crippen LogP contribution in [0.3, 0.4) is 0 Å². The number of aliphatic hydroxyl groups is 1. The monoisotopic (exact) mass is 265 g/mol. The van der Waals surface area contributed by atoms with E-state index in [2.05, 4.69) is 10.3 Å². The van der Waals surface area contributed by atoms with Crippen LogP contribution in [0, 0.1) is 6.92 Å². The first-order chi connectivity index (χ1) is 8.76. The van der Waals surface area contributed by atoms with E-state index < -0.39 is 5.60 Å². The van der Waals surface area contributed by atoms with Crippen LogP contribution in [0.4, 0.5) is 5.82 Å². The zero-order chi connectivity index (χ0) is 14.6. The Kier molecular flexibility index (Phi) is 4.89. The minimum atomic E-state index is -0.903. The Morgan fingerprint density at radius 3 is 2.58 bits per heavy atom. The molecule has 0 saturated carbocycles. The van der Waals surface area contributed by atoms with E-state index >= 15 is 0 Å². The van der Waals surface area contributed by atoms with Gasteiger partial charge >= 0.3 is 0 Å². The summed E-state index contributed by atoms with van der Waals surface area (Å²) in [5, 5.41) is 12.8. The summed E-state index contributed by atoms with van der Waals surface area (Å²) in [6.07, 6.45) is 0. The second-order valence-electron chi connectivity index (χ2n) is 5.26. The van der Waals surface area contributed by atoms with Crippen LogP contribution in [-0.2, 0) is 0 Å². The quantitative estimate of drug-likeness (QED) is 0.850. The van der Waals surface area contributed by atoms with E-state index in [1.165, 1.54) is 0 Å². The third-order valence-electron chi connectivity index (χ3n) is 2.70. The summed E-state index contributed by atoms with van der Waals surface area (Å²) in [4.78, 5) is 18.3. The minimum absolute atomic E-state index is 0.0911. The van der Waals surface area contributed by atoms with Gasteiger partial charge in [0.15, 0.2) is 0 Å². The largest absolute Gasteiger partial charge is 0.389 e. The highest BCUT2D eigenvalue weighted by Crippen LogP contribution is 2.14. The van der Waals surface area contributed by atoms with Crippen molar-refractivity contribution in [3.63, 3.8) is 0 Å². The van der Waals surface area contributed by atoms with Gasteiger partial charge in [-0.1, -0.05) is 0 Å². The van der Waals surface area contributed by atoms with Gasteiger partial charge in [0.25, 0.3) is 5.91 Å². The maximum Gasteiger partial charge on any atom is 0.254 e. The predicted octanol–water partition coefficient (Wildman–Crippen LogP) is 1.66. The Labute approximate surface area is 114 Å². The van der Waals surface area contributed by atoms with Crippen LogP contribution in [-0.4, -0.2) is 46.6 Å². The molecule has 0 aliphatic rings. The van der Waals surface area contributed by atoms with Gasteiger partial charge in [0.1, 0.15) is 5.82 Å². The molecule has 0 aliphatic carbocycles. The molecule has 0 unspecified atom stereocenters. The van der Waals surface area contributed by atoms with Crippen LogP contribution in [0.2, 0.25) is 0 Å². The minimum Gasteiger partial charge on any atom is -0.389 e. The summed E-state index contributed by atoms with van der Waals surface area (Å²) < 4.78 is 0. The molecule has 0 radical (unpaired) electrons. The molecule has 1 aromatic heterocycles. The molecule has 1 heterocycles. The Balaban J connectivity index is 3.00. The van der Waals surface area contributed by atoms with Gasteiger partial charge < -0.3 is 15.3 Å². The van der Waals surface area contributed by atoms with Crippen molar-refractivity contribution < 1.29 is 9.90 Å². The Morgan fingerprint density at radius 2 is 2.11 bits per heavy atom. The Bertz CT molecular complexity index is 452. The van der Waals surface area contributed by atoms with Crippen molar-refractivity contribution in [2.45, 2.75) is 33.3 Å². The number of amides is 1. The Hall–Kier alpha value is -1.62. The summed E-state index contributed by atoms with van der Waals surface area (Å²) in [5.74, 6) is 0.578. The van der Waals surface area contributed by atoms with E-state index in [0.29, 0.717) is 24.5 Å². The molecule has 1 aromatic rings. The van der Waals surface area contributed by atoms with Crippen molar-refractivity contribution in [1.82, 2.24) is 9.88 Å². The van der Waals surface area contributed by atoms with Gasteiger partial charge in [0.2, 0.25) is 0 Å². The van der Waals surface area contributed by atoms with Crippen molar-refractivity contribution in [1.29, 1.82) is 0 Å². The summed E-state index contributed by atoms with van der Waals surface area (Å²) in [6.45, 7) is 8.00. The normalized spacial score (nSPS) is 11.3. The smallest absolute Gasteiger partial charge is 0.254 e. The first-order valence-corrected chi connectivity index (χ1v) is 6.45. The molecule has 19 heavy (non-hydrogen) atoms. The van der Waals surface area contributed by atoms with Crippen molar-refractivity contribution >= 4 is 11.7 Å².